The van der Waals surface area contributed by atoms with Gasteiger partial charge in [0.05, 0.1) is 6.33 Å². The van der Waals surface area contributed by atoms with E-state index in [1.54, 1.807) is 6.08 Å². The number of hydrogen-bond acceptors (Lipinski definition) is 0. The van der Waals surface area contributed by atoms with E-state index in [1.165, 1.54) is 6.08 Å². The van der Waals surface area contributed by atoms with Gasteiger partial charge in [0.25, 0.3) is 0 Å². The highest BCUT2D eigenvalue weighted by Crippen LogP contribution is 1.93. The largest absolute Gasteiger partial charge is 0.216 e. The Morgan fingerprint density at radius 3 is 2.44 bits per heavy atom. The topological polar surface area (TPSA) is 0 Å². The standard InChI is InChI=1S/C8H11F/c1-3-8(2)6-4-5-7-9/h3-7H,1-2H3/b6-4-,7-5+,8-3-. The molecular weight excluding hydrogens is 115 g/mol. The van der Waals surface area contributed by atoms with E-state index in [2.05, 4.69) is 0 Å². The number of hydrogen-bond donors (Lipinski definition) is 0. The summed E-state index contributed by atoms with van der Waals surface area (Å²) >= 11 is 0. The molecule has 0 amide bonds. The molecule has 0 bridgehead atoms. The maximum absolute atomic E-state index is 11.3. The molecule has 50 valence electrons. The molecular formula is C8H11F. The SMILES string of the molecule is C\C=C(C)/C=C\C=C\F. The third-order valence-corrected chi connectivity index (χ3v) is 0.998. The summed E-state index contributed by atoms with van der Waals surface area (Å²) in [5, 5.41) is 0. The van der Waals surface area contributed by atoms with Crippen LogP contribution >= 0.6 is 0 Å². The summed E-state index contributed by atoms with van der Waals surface area (Å²) in [6.07, 6.45) is 7.33. The van der Waals surface area contributed by atoms with Gasteiger partial charge in [-0.15, -0.1) is 0 Å². The van der Waals surface area contributed by atoms with E-state index in [1.807, 2.05) is 26.0 Å². The Labute approximate surface area is 55.4 Å². The molecule has 0 aliphatic heterocycles. The fourth-order valence-corrected chi connectivity index (χ4v) is 0.346. The smallest absolute Gasteiger partial charge is 0.0866 e. The van der Waals surface area contributed by atoms with Crippen LogP contribution in [0.5, 0.6) is 0 Å². The van der Waals surface area contributed by atoms with E-state index < -0.39 is 0 Å². The lowest BCUT2D eigenvalue weighted by molar-refractivity contribution is 0.721. The molecule has 0 aromatic heterocycles. The lowest BCUT2D eigenvalue weighted by Gasteiger charge is -1.82. The van der Waals surface area contributed by atoms with Crippen molar-refractivity contribution in [2.24, 2.45) is 0 Å². The first kappa shape index (κ1) is 8.15. The maximum atomic E-state index is 11.3. The monoisotopic (exact) mass is 126 g/mol. The fourth-order valence-electron chi connectivity index (χ4n) is 0.346. The van der Waals surface area contributed by atoms with Gasteiger partial charge in [-0.05, 0) is 19.9 Å². The molecule has 0 aliphatic carbocycles. The molecule has 0 fully saturated rings. The highest BCUT2D eigenvalue weighted by molar-refractivity contribution is 5.18. The second kappa shape index (κ2) is 5.29. The maximum Gasteiger partial charge on any atom is 0.0866 e. The Morgan fingerprint density at radius 1 is 1.33 bits per heavy atom. The number of allylic oxidation sites excluding steroid dienone is 5. The Balaban J connectivity index is 3.71. The van der Waals surface area contributed by atoms with Gasteiger partial charge >= 0.3 is 0 Å². The van der Waals surface area contributed by atoms with Gasteiger partial charge < -0.3 is 0 Å². The van der Waals surface area contributed by atoms with Gasteiger partial charge in [0.15, 0.2) is 0 Å². The third-order valence-electron chi connectivity index (χ3n) is 0.998. The van der Waals surface area contributed by atoms with Crippen molar-refractivity contribution < 1.29 is 4.39 Å². The van der Waals surface area contributed by atoms with Crippen LogP contribution < -0.4 is 0 Å². The average Bonchev–Trinajstić information content (AvgIpc) is 1.89. The summed E-state index contributed by atoms with van der Waals surface area (Å²) < 4.78 is 11.3. The van der Waals surface area contributed by atoms with Crippen LogP contribution in [0, 0.1) is 0 Å². The van der Waals surface area contributed by atoms with Crippen LogP contribution in [0.3, 0.4) is 0 Å². The van der Waals surface area contributed by atoms with E-state index in [-0.39, 0.29) is 0 Å². The zero-order chi connectivity index (χ0) is 7.11. The van der Waals surface area contributed by atoms with Gasteiger partial charge in [0.2, 0.25) is 0 Å². The fraction of sp³-hybridized carbons (Fsp3) is 0.250. The van der Waals surface area contributed by atoms with Gasteiger partial charge in [0, 0.05) is 0 Å². The third kappa shape index (κ3) is 5.01. The summed E-state index contributed by atoms with van der Waals surface area (Å²) in [6, 6.07) is 0. The summed E-state index contributed by atoms with van der Waals surface area (Å²) in [6.45, 7) is 3.90. The van der Waals surface area contributed by atoms with Crippen LogP contribution in [0.25, 0.3) is 0 Å². The first-order valence-corrected chi connectivity index (χ1v) is 2.87. The van der Waals surface area contributed by atoms with Crippen LogP contribution in [0.2, 0.25) is 0 Å². The van der Waals surface area contributed by atoms with E-state index in [9.17, 15) is 4.39 Å². The van der Waals surface area contributed by atoms with Crippen molar-refractivity contribution in [1.82, 2.24) is 0 Å². The van der Waals surface area contributed by atoms with Crippen molar-refractivity contribution >= 4 is 0 Å². The average molecular weight is 126 g/mol. The van der Waals surface area contributed by atoms with Gasteiger partial charge in [-0.25, -0.2) is 4.39 Å². The first-order valence-electron chi connectivity index (χ1n) is 2.87. The summed E-state index contributed by atoms with van der Waals surface area (Å²) in [5.74, 6) is 0. The summed E-state index contributed by atoms with van der Waals surface area (Å²) in [7, 11) is 0. The predicted molar refractivity (Wildman–Crippen MR) is 38.8 cm³/mol. The van der Waals surface area contributed by atoms with Gasteiger partial charge in [-0.3, -0.25) is 0 Å². The Bertz CT molecular complexity index is 141. The van der Waals surface area contributed by atoms with Crippen LogP contribution in [-0.2, 0) is 0 Å². The Hall–Kier alpha value is -0.850. The molecule has 0 unspecified atom stereocenters. The quantitative estimate of drug-likeness (QED) is 0.499. The van der Waals surface area contributed by atoms with Crippen molar-refractivity contribution in [3.63, 3.8) is 0 Å². The normalized spacial score (nSPS) is 13.9. The minimum Gasteiger partial charge on any atom is -0.216 e. The van der Waals surface area contributed by atoms with Crippen molar-refractivity contribution in [2.45, 2.75) is 13.8 Å². The zero-order valence-electron chi connectivity index (χ0n) is 5.76. The Kier molecular flexibility index (Phi) is 4.79. The molecule has 0 saturated heterocycles. The lowest BCUT2D eigenvalue weighted by atomic mass is 10.3. The van der Waals surface area contributed by atoms with Crippen LogP contribution in [0.1, 0.15) is 13.8 Å². The highest BCUT2D eigenvalue weighted by atomic mass is 19.1. The number of halogens is 1. The summed E-state index contributed by atoms with van der Waals surface area (Å²) in [5.41, 5.74) is 1.13. The van der Waals surface area contributed by atoms with Crippen LogP contribution in [0.4, 0.5) is 4.39 Å². The molecule has 0 aromatic rings. The second-order valence-electron chi connectivity index (χ2n) is 1.71. The predicted octanol–water partition coefficient (Wildman–Crippen LogP) is 2.99. The molecule has 0 nitrogen and oxygen atoms in total. The van der Waals surface area contributed by atoms with E-state index in [0.717, 1.165) is 5.57 Å². The molecule has 0 aromatic carbocycles. The van der Waals surface area contributed by atoms with Gasteiger partial charge in [-0.2, -0.15) is 0 Å². The second-order valence-corrected chi connectivity index (χ2v) is 1.71. The van der Waals surface area contributed by atoms with Crippen molar-refractivity contribution in [2.75, 3.05) is 0 Å². The van der Waals surface area contributed by atoms with Crippen LogP contribution in [-0.4, -0.2) is 0 Å². The lowest BCUT2D eigenvalue weighted by Crippen LogP contribution is -1.61. The molecule has 0 saturated carbocycles. The molecule has 0 aliphatic rings. The minimum atomic E-state index is 0.513. The molecule has 0 atom stereocenters. The van der Waals surface area contributed by atoms with E-state index in [4.69, 9.17) is 0 Å². The van der Waals surface area contributed by atoms with E-state index in [0.29, 0.717) is 6.33 Å². The summed E-state index contributed by atoms with van der Waals surface area (Å²) in [4.78, 5) is 0. The molecule has 0 spiro atoms. The van der Waals surface area contributed by atoms with E-state index >= 15 is 0 Å². The minimum absolute atomic E-state index is 0.513. The molecule has 0 N–H and O–H groups in total. The Morgan fingerprint density at radius 2 is 2.00 bits per heavy atom. The first-order chi connectivity index (χ1) is 4.31. The van der Waals surface area contributed by atoms with Gasteiger partial charge in [0.1, 0.15) is 0 Å². The van der Waals surface area contributed by atoms with Crippen molar-refractivity contribution in [3.8, 4) is 0 Å². The van der Waals surface area contributed by atoms with Gasteiger partial charge in [-0.1, -0.05) is 23.8 Å². The number of rotatable bonds is 2. The zero-order valence-corrected chi connectivity index (χ0v) is 5.76. The molecule has 1 heteroatoms. The highest BCUT2D eigenvalue weighted by Gasteiger charge is 1.72. The van der Waals surface area contributed by atoms with Crippen LogP contribution in [0.15, 0.2) is 36.2 Å². The molecule has 0 radical (unpaired) electrons. The van der Waals surface area contributed by atoms with Crippen molar-refractivity contribution in [1.29, 1.82) is 0 Å². The molecule has 0 heterocycles. The molecule has 0 rings (SSSR count). The molecule has 9 heavy (non-hydrogen) atoms. The van der Waals surface area contributed by atoms with Crippen molar-refractivity contribution in [3.05, 3.63) is 36.2 Å².